The smallest absolute Gasteiger partial charge is 0.370 e. The lowest BCUT2D eigenvalue weighted by atomic mass is 10.2. The maximum Gasteiger partial charge on any atom is 0.416 e. The van der Waals surface area contributed by atoms with E-state index in [0.29, 0.717) is 0 Å². The molecule has 0 aliphatic heterocycles. The second-order valence-electron chi connectivity index (χ2n) is 3.47. The van der Waals surface area contributed by atoms with Crippen LogP contribution in [0.3, 0.4) is 0 Å². The highest BCUT2D eigenvalue weighted by Crippen LogP contribution is 2.30. The molecule has 0 radical (unpaired) electrons. The summed E-state index contributed by atoms with van der Waals surface area (Å²) in [6.07, 6.45) is -4.43. The van der Waals surface area contributed by atoms with E-state index in [9.17, 15) is 18.0 Å². The number of anilines is 1. The first-order chi connectivity index (χ1) is 8.43. The second-order valence-corrected chi connectivity index (χ2v) is 3.47. The number of carbonyl (C=O) groups excluding carboxylic acids is 1. The summed E-state index contributed by atoms with van der Waals surface area (Å²) in [6, 6.07) is 4.39. The molecule has 4 nitrogen and oxygen atoms in total. The average Bonchev–Trinajstić information content (AvgIpc) is 2.28. The van der Waals surface area contributed by atoms with Crippen molar-refractivity contribution in [2.24, 2.45) is 5.73 Å². The van der Waals surface area contributed by atoms with E-state index in [0.717, 1.165) is 12.1 Å². The van der Waals surface area contributed by atoms with Gasteiger partial charge in [0.1, 0.15) is 6.61 Å². The first-order valence-corrected chi connectivity index (χ1v) is 5.18. The van der Waals surface area contributed by atoms with Crippen LogP contribution in [0, 0.1) is 0 Å². The van der Waals surface area contributed by atoms with Crippen molar-refractivity contribution < 1.29 is 22.7 Å². The number of rotatable bonds is 5. The van der Waals surface area contributed by atoms with Crippen molar-refractivity contribution in [3.8, 4) is 0 Å². The number of benzene rings is 1. The van der Waals surface area contributed by atoms with Gasteiger partial charge in [-0.15, -0.1) is 0 Å². The van der Waals surface area contributed by atoms with Gasteiger partial charge in [0.15, 0.2) is 0 Å². The van der Waals surface area contributed by atoms with Crippen molar-refractivity contribution in [3.05, 3.63) is 29.8 Å². The molecule has 0 saturated heterocycles. The zero-order valence-electron chi connectivity index (χ0n) is 9.46. The van der Waals surface area contributed by atoms with E-state index in [1.54, 1.807) is 0 Å². The fourth-order valence-corrected chi connectivity index (χ4v) is 1.22. The van der Waals surface area contributed by atoms with Crippen LogP contribution in [0.25, 0.3) is 0 Å². The van der Waals surface area contributed by atoms with Crippen LogP contribution in [-0.4, -0.2) is 25.7 Å². The minimum absolute atomic E-state index is 0.0752. The molecule has 1 aromatic rings. The van der Waals surface area contributed by atoms with E-state index in [1.807, 2.05) is 0 Å². The van der Waals surface area contributed by atoms with Crippen LogP contribution >= 0.6 is 0 Å². The van der Waals surface area contributed by atoms with Crippen molar-refractivity contribution in [2.45, 2.75) is 6.18 Å². The van der Waals surface area contributed by atoms with E-state index in [-0.39, 0.29) is 25.4 Å². The lowest BCUT2D eigenvalue weighted by Gasteiger charge is -2.09. The molecule has 0 aromatic heterocycles. The summed E-state index contributed by atoms with van der Waals surface area (Å²) in [5.41, 5.74) is 4.41. The van der Waals surface area contributed by atoms with Crippen molar-refractivity contribution in [3.63, 3.8) is 0 Å². The van der Waals surface area contributed by atoms with Gasteiger partial charge < -0.3 is 15.8 Å². The Morgan fingerprint density at radius 1 is 1.39 bits per heavy atom. The van der Waals surface area contributed by atoms with Gasteiger partial charge in [0, 0.05) is 12.2 Å². The summed E-state index contributed by atoms with van der Waals surface area (Å²) in [7, 11) is 0. The number of carbonyl (C=O) groups is 1. The number of hydrogen-bond acceptors (Lipinski definition) is 3. The number of nitrogens with one attached hydrogen (secondary N) is 1. The highest BCUT2D eigenvalue weighted by Gasteiger charge is 2.30. The molecular weight excluding hydrogens is 249 g/mol. The molecule has 1 amide bonds. The summed E-state index contributed by atoms with van der Waals surface area (Å²) in [5.74, 6) is -0.525. The van der Waals surface area contributed by atoms with Crippen LogP contribution in [0.5, 0.6) is 0 Å². The number of alkyl halides is 3. The van der Waals surface area contributed by atoms with Crippen LogP contribution < -0.4 is 11.1 Å². The Labute approximate surface area is 102 Å². The zero-order valence-corrected chi connectivity index (χ0v) is 9.46. The first-order valence-electron chi connectivity index (χ1n) is 5.18. The van der Waals surface area contributed by atoms with Gasteiger partial charge in [-0.05, 0) is 18.2 Å². The van der Waals surface area contributed by atoms with Crippen molar-refractivity contribution >= 4 is 11.6 Å². The van der Waals surface area contributed by atoms with Crippen LogP contribution in [-0.2, 0) is 15.7 Å². The highest BCUT2D eigenvalue weighted by atomic mass is 19.4. The topological polar surface area (TPSA) is 64.3 Å². The quantitative estimate of drug-likeness (QED) is 0.792. The molecule has 0 saturated carbocycles. The summed E-state index contributed by atoms with van der Waals surface area (Å²) in [5, 5.41) is 2.31. The molecule has 7 heteroatoms. The van der Waals surface area contributed by atoms with Crippen molar-refractivity contribution in [1.29, 1.82) is 0 Å². The zero-order chi connectivity index (χ0) is 13.6. The van der Waals surface area contributed by atoms with E-state index in [1.165, 1.54) is 12.1 Å². The molecule has 100 valence electrons. The van der Waals surface area contributed by atoms with Gasteiger partial charge in [-0.3, -0.25) is 4.79 Å². The summed E-state index contributed by atoms with van der Waals surface area (Å²) in [6.45, 7) is 0.250. The molecule has 1 aromatic carbocycles. The van der Waals surface area contributed by atoms with Crippen LogP contribution in [0.4, 0.5) is 18.9 Å². The van der Waals surface area contributed by atoms with Gasteiger partial charge in [-0.25, -0.2) is 0 Å². The molecule has 0 bridgehead atoms. The summed E-state index contributed by atoms with van der Waals surface area (Å²) in [4.78, 5) is 11.3. The predicted octanol–water partition coefficient (Wildman–Crippen LogP) is 1.62. The van der Waals surface area contributed by atoms with Crippen LogP contribution in [0.2, 0.25) is 0 Å². The molecular formula is C11H13F3N2O2. The Bertz CT molecular complexity index is 408. The second kappa shape index (κ2) is 6.36. The molecule has 0 aliphatic rings. The Morgan fingerprint density at radius 3 is 2.72 bits per heavy atom. The minimum atomic E-state index is -4.43. The largest absolute Gasteiger partial charge is 0.416 e. The molecule has 18 heavy (non-hydrogen) atoms. The predicted molar refractivity (Wildman–Crippen MR) is 59.9 cm³/mol. The third kappa shape index (κ3) is 4.72. The maximum atomic E-state index is 12.4. The van der Waals surface area contributed by atoms with Gasteiger partial charge in [-0.1, -0.05) is 6.07 Å². The number of amides is 1. The van der Waals surface area contributed by atoms with E-state index in [4.69, 9.17) is 10.5 Å². The fraction of sp³-hybridized carbons (Fsp3) is 0.364. The van der Waals surface area contributed by atoms with E-state index in [2.05, 4.69) is 5.32 Å². The van der Waals surface area contributed by atoms with Crippen LogP contribution in [0.1, 0.15) is 5.56 Å². The first kappa shape index (κ1) is 14.5. The molecule has 0 unspecified atom stereocenters. The molecule has 0 aliphatic carbocycles. The third-order valence-corrected chi connectivity index (χ3v) is 1.97. The Hall–Kier alpha value is -1.60. The summed E-state index contributed by atoms with van der Waals surface area (Å²) >= 11 is 0. The number of ether oxygens (including phenoxy) is 1. The van der Waals surface area contributed by atoms with E-state index < -0.39 is 17.6 Å². The fourth-order valence-electron chi connectivity index (χ4n) is 1.22. The summed E-state index contributed by atoms with van der Waals surface area (Å²) < 4.78 is 42.1. The Kier molecular flexibility index (Phi) is 5.11. The normalized spacial score (nSPS) is 11.3. The minimum Gasteiger partial charge on any atom is -0.370 e. The monoisotopic (exact) mass is 262 g/mol. The Morgan fingerprint density at radius 2 is 2.11 bits per heavy atom. The van der Waals surface area contributed by atoms with E-state index >= 15 is 0 Å². The number of halogens is 3. The molecule has 0 fully saturated rings. The van der Waals surface area contributed by atoms with Gasteiger partial charge >= 0.3 is 6.18 Å². The lowest BCUT2D eigenvalue weighted by molar-refractivity contribution is -0.137. The van der Waals surface area contributed by atoms with Gasteiger partial charge in [0.25, 0.3) is 0 Å². The molecule has 1 rings (SSSR count). The molecule has 0 heterocycles. The SMILES string of the molecule is NCCOCC(=O)Nc1cccc(C(F)(F)F)c1. The number of nitrogens with two attached hydrogens (primary N) is 1. The molecule has 3 N–H and O–H groups in total. The van der Waals surface area contributed by atoms with Crippen molar-refractivity contribution in [1.82, 2.24) is 0 Å². The standard InChI is InChI=1S/C11H13F3N2O2/c12-11(13,14)8-2-1-3-9(6-8)16-10(17)7-18-5-4-15/h1-3,6H,4-5,7,15H2,(H,16,17). The molecule has 0 spiro atoms. The van der Waals surface area contributed by atoms with Gasteiger partial charge in [-0.2, -0.15) is 13.2 Å². The Balaban J connectivity index is 2.60. The van der Waals surface area contributed by atoms with Gasteiger partial charge in [0.05, 0.1) is 12.2 Å². The highest BCUT2D eigenvalue weighted by molar-refractivity contribution is 5.91. The lowest BCUT2D eigenvalue weighted by Crippen LogP contribution is -2.21. The maximum absolute atomic E-state index is 12.4. The average molecular weight is 262 g/mol. The molecule has 0 atom stereocenters. The van der Waals surface area contributed by atoms with Crippen molar-refractivity contribution in [2.75, 3.05) is 25.1 Å². The third-order valence-electron chi connectivity index (χ3n) is 1.97. The van der Waals surface area contributed by atoms with Gasteiger partial charge in [0.2, 0.25) is 5.91 Å². The number of hydrogen-bond donors (Lipinski definition) is 2. The van der Waals surface area contributed by atoms with Crippen LogP contribution in [0.15, 0.2) is 24.3 Å².